The maximum Gasteiger partial charge on any atom is 0.340 e. The monoisotopic (exact) mass is 377 g/mol. The molecule has 1 amide bonds. The fourth-order valence-corrected chi connectivity index (χ4v) is 3.07. The van der Waals surface area contributed by atoms with Crippen molar-refractivity contribution in [3.05, 3.63) is 88.1 Å². The molecule has 2 aromatic carbocycles. The van der Waals surface area contributed by atoms with Crippen LogP contribution in [0.3, 0.4) is 0 Å². The second-order valence-corrected chi connectivity index (χ2v) is 6.31. The first-order valence-electron chi connectivity index (χ1n) is 8.62. The summed E-state index contributed by atoms with van der Waals surface area (Å²) in [5.74, 6) is -1.92. The number of esters is 1. The highest BCUT2D eigenvalue weighted by atomic mass is 16.5. The SMILES string of the molecule is COC(=O)C1=C(C)N(Cc2ccccc2)C(=O)/C1=C\c1ccc(C(=O)O)cc1. The van der Waals surface area contributed by atoms with Gasteiger partial charge in [0.25, 0.3) is 5.91 Å². The van der Waals surface area contributed by atoms with Gasteiger partial charge in [-0.05, 0) is 36.3 Å². The zero-order valence-corrected chi connectivity index (χ0v) is 15.5. The van der Waals surface area contributed by atoms with Crippen molar-refractivity contribution in [2.24, 2.45) is 0 Å². The van der Waals surface area contributed by atoms with Crippen molar-refractivity contribution in [3.63, 3.8) is 0 Å². The van der Waals surface area contributed by atoms with Crippen LogP contribution in [-0.4, -0.2) is 35.0 Å². The van der Waals surface area contributed by atoms with Gasteiger partial charge in [0.05, 0.1) is 30.4 Å². The van der Waals surface area contributed by atoms with Crippen molar-refractivity contribution in [2.45, 2.75) is 13.5 Å². The molecule has 2 aromatic rings. The molecular weight excluding hydrogens is 358 g/mol. The molecule has 0 spiro atoms. The van der Waals surface area contributed by atoms with Gasteiger partial charge in [-0.15, -0.1) is 0 Å². The number of aromatic carboxylic acids is 1. The van der Waals surface area contributed by atoms with Gasteiger partial charge >= 0.3 is 11.9 Å². The van der Waals surface area contributed by atoms with Crippen molar-refractivity contribution in [1.29, 1.82) is 0 Å². The van der Waals surface area contributed by atoms with E-state index in [9.17, 15) is 14.4 Å². The van der Waals surface area contributed by atoms with E-state index in [-0.39, 0.29) is 22.6 Å². The normalized spacial score (nSPS) is 15.3. The van der Waals surface area contributed by atoms with Gasteiger partial charge in [0, 0.05) is 5.70 Å². The van der Waals surface area contributed by atoms with Gasteiger partial charge in [0.1, 0.15) is 0 Å². The maximum atomic E-state index is 13.0. The average molecular weight is 377 g/mol. The largest absolute Gasteiger partial charge is 0.478 e. The average Bonchev–Trinajstić information content (AvgIpc) is 2.93. The number of carboxylic acids is 1. The number of amides is 1. The van der Waals surface area contributed by atoms with E-state index in [2.05, 4.69) is 0 Å². The Morgan fingerprint density at radius 2 is 1.71 bits per heavy atom. The molecule has 1 aliphatic heterocycles. The van der Waals surface area contributed by atoms with Gasteiger partial charge in [0.15, 0.2) is 0 Å². The minimum absolute atomic E-state index is 0.144. The van der Waals surface area contributed by atoms with Crippen LogP contribution in [0.1, 0.15) is 28.4 Å². The molecule has 6 heteroatoms. The summed E-state index contributed by atoms with van der Waals surface area (Å²) in [7, 11) is 1.27. The first-order chi connectivity index (χ1) is 13.4. The Bertz CT molecular complexity index is 987. The molecule has 6 nitrogen and oxygen atoms in total. The summed E-state index contributed by atoms with van der Waals surface area (Å²) in [5, 5.41) is 9.01. The van der Waals surface area contributed by atoms with Crippen LogP contribution < -0.4 is 0 Å². The second-order valence-electron chi connectivity index (χ2n) is 6.31. The highest BCUT2D eigenvalue weighted by Crippen LogP contribution is 2.32. The number of ether oxygens (including phenoxy) is 1. The maximum absolute atomic E-state index is 13.0. The van der Waals surface area contributed by atoms with Crippen molar-refractivity contribution in [3.8, 4) is 0 Å². The molecule has 0 bridgehead atoms. The fourth-order valence-electron chi connectivity index (χ4n) is 3.07. The zero-order valence-electron chi connectivity index (χ0n) is 15.5. The Morgan fingerprint density at radius 3 is 2.29 bits per heavy atom. The van der Waals surface area contributed by atoms with Gasteiger partial charge in [-0.1, -0.05) is 42.5 Å². The molecule has 0 atom stereocenters. The number of rotatable bonds is 5. The Balaban J connectivity index is 2.00. The van der Waals surface area contributed by atoms with Gasteiger partial charge < -0.3 is 14.7 Å². The van der Waals surface area contributed by atoms with E-state index >= 15 is 0 Å². The standard InChI is InChI=1S/C22H19NO5/c1-14-19(22(27)28-2)18(12-15-8-10-17(11-9-15)21(25)26)20(24)23(14)13-16-6-4-3-5-7-16/h3-12H,13H2,1-2H3,(H,25,26)/b18-12-. The van der Waals surface area contributed by atoms with Crippen LogP contribution in [0.15, 0.2) is 71.4 Å². The molecule has 142 valence electrons. The van der Waals surface area contributed by atoms with Gasteiger partial charge in [-0.2, -0.15) is 0 Å². The minimum Gasteiger partial charge on any atom is -0.478 e. The fraction of sp³-hybridized carbons (Fsp3) is 0.136. The van der Waals surface area contributed by atoms with Gasteiger partial charge in [0.2, 0.25) is 0 Å². The van der Waals surface area contributed by atoms with Crippen molar-refractivity contribution >= 4 is 23.9 Å². The van der Waals surface area contributed by atoms with Crippen LogP contribution in [0.5, 0.6) is 0 Å². The summed E-state index contributed by atoms with van der Waals surface area (Å²) in [6.45, 7) is 2.04. The molecular formula is C22H19NO5. The van der Waals surface area contributed by atoms with Crippen molar-refractivity contribution < 1.29 is 24.2 Å². The lowest BCUT2D eigenvalue weighted by molar-refractivity contribution is -0.136. The molecule has 3 rings (SSSR count). The van der Waals surface area contributed by atoms with Crippen LogP contribution in [0.4, 0.5) is 0 Å². The first-order valence-corrected chi connectivity index (χ1v) is 8.62. The number of carbonyl (C=O) groups excluding carboxylic acids is 2. The Hall–Kier alpha value is -3.67. The third-order valence-corrected chi connectivity index (χ3v) is 4.55. The number of carbonyl (C=O) groups is 3. The molecule has 0 saturated carbocycles. The quantitative estimate of drug-likeness (QED) is 0.639. The summed E-state index contributed by atoms with van der Waals surface area (Å²) in [5.41, 5.74) is 2.66. The number of hydrogen-bond donors (Lipinski definition) is 1. The van der Waals surface area contributed by atoms with E-state index in [0.717, 1.165) is 5.56 Å². The number of nitrogens with zero attached hydrogens (tertiary/aromatic N) is 1. The molecule has 1 N–H and O–H groups in total. The van der Waals surface area contributed by atoms with Crippen LogP contribution >= 0.6 is 0 Å². The summed E-state index contributed by atoms with van der Waals surface area (Å²) < 4.78 is 4.88. The second kappa shape index (κ2) is 7.92. The predicted molar refractivity (Wildman–Crippen MR) is 103 cm³/mol. The Morgan fingerprint density at radius 1 is 1.07 bits per heavy atom. The molecule has 28 heavy (non-hydrogen) atoms. The van der Waals surface area contributed by atoms with E-state index in [1.807, 2.05) is 30.3 Å². The molecule has 0 saturated heterocycles. The van der Waals surface area contributed by atoms with E-state index < -0.39 is 11.9 Å². The minimum atomic E-state index is -1.03. The highest BCUT2D eigenvalue weighted by molar-refractivity contribution is 6.16. The number of methoxy groups -OCH3 is 1. The van der Waals surface area contributed by atoms with Crippen LogP contribution in [0.2, 0.25) is 0 Å². The van der Waals surface area contributed by atoms with Crippen LogP contribution in [0, 0.1) is 0 Å². The number of carboxylic acid groups (broad SMARTS) is 1. The number of allylic oxidation sites excluding steroid dienone is 1. The first kappa shape index (κ1) is 19.1. The van der Waals surface area contributed by atoms with E-state index in [0.29, 0.717) is 17.8 Å². The Kier molecular flexibility index (Phi) is 5.40. The topological polar surface area (TPSA) is 83.9 Å². The summed E-state index contributed by atoms with van der Waals surface area (Å²) >= 11 is 0. The van der Waals surface area contributed by atoms with Crippen molar-refractivity contribution in [1.82, 2.24) is 4.90 Å². The number of hydrogen-bond acceptors (Lipinski definition) is 4. The smallest absolute Gasteiger partial charge is 0.340 e. The zero-order chi connectivity index (χ0) is 20.3. The Labute approximate surface area is 162 Å². The molecule has 0 radical (unpaired) electrons. The van der Waals surface area contributed by atoms with Gasteiger partial charge in [-0.3, -0.25) is 4.79 Å². The lowest BCUT2D eigenvalue weighted by Crippen LogP contribution is -2.24. The molecule has 0 aromatic heterocycles. The molecule has 1 heterocycles. The molecule has 0 unspecified atom stereocenters. The summed E-state index contributed by atoms with van der Waals surface area (Å²) in [4.78, 5) is 37.9. The summed E-state index contributed by atoms with van der Waals surface area (Å²) in [6.07, 6.45) is 1.58. The summed E-state index contributed by atoms with van der Waals surface area (Å²) in [6, 6.07) is 15.6. The van der Waals surface area contributed by atoms with Crippen LogP contribution in [0.25, 0.3) is 6.08 Å². The number of benzene rings is 2. The van der Waals surface area contributed by atoms with E-state index in [1.54, 1.807) is 30.0 Å². The van der Waals surface area contributed by atoms with Crippen molar-refractivity contribution in [2.75, 3.05) is 7.11 Å². The lowest BCUT2D eigenvalue weighted by atomic mass is 10.0. The third kappa shape index (κ3) is 3.71. The van der Waals surface area contributed by atoms with E-state index in [1.165, 1.54) is 19.2 Å². The van der Waals surface area contributed by atoms with Gasteiger partial charge in [-0.25, -0.2) is 9.59 Å². The lowest BCUT2D eigenvalue weighted by Gasteiger charge is -2.17. The predicted octanol–water partition coefficient (Wildman–Crippen LogP) is 3.26. The third-order valence-electron chi connectivity index (χ3n) is 4.55. The highest BCUT2D eigenvalue weighted by Gasteiger charge is 2.36. The molecule has 1 aliphatic rings. The molecule has 0 aliphatic carbocycles. The van der Waals surface area contributed by atoms with E-state index in [4.69, 9.17) is 9.84 Å². The van der Waals surface area contributed by atoms with Crippen LogP contribution in [-0.2, 0) is 20.9 Å². The molecule has 0 fully saturated rings.